The van der Waals surface area contributed by atoms with Crippen molar-refractivity contribution in [2.45, 2.75) is 0 Å². The lowest BCUT2D eigenvalue weighted by atomic mass is 10.8. The number of carbonyl (C=O) groups excluding carboxylic acids is 1. The van der Waals surface area contributed by atoms with Gasteiger partial charge in [0.05, 0.1) is 12.5 Å². The Balaban J connectivity index is 3.09. The molecule has 0 radical (unpaired) electrons. The fourth-order valence-electron chi connectivity index (χ4n) is 0.372. The molecule has 0 saturated heterocycles. The van der Waals surface area contributed by atoms with Gasteiger partial charge in [-0.05, 0) is 0 Å². The van der Waals surface area contributed by atoms with Crippen molar-refractivity contribution in [1.82, 2.24) is 0 Å². The maximum absolute atomic E-state index is 10.5. The van der Waals surface area contributed by atoms with E-state index in [0.717, 1.165) is 0 Å². The van der Waals surface area contributed by atoms with E-state index in [9.17, 15) is 4.79 Å². The molecule has 0 N–H and O–H groups in total. The molecule has 66 valence electrons. The lowest BCUT2D eigenvalue weighted by molar-refractivity contribution is 0.0398. The van der Waals surface area contributed by atoms with Crippen molar-refractivity contribution in [1.29, 1.82) is 0 Å². The third-order valence-corrected chi connectivity index (χ3v) is 0.959. The molecular formula is C6H11ClO4. The molecule has 0 saturated carbocycles. The average molecular weight is 183 g/mol. The molecule has 0 aliphatic heterocycles. The molecule has 0 bridgehead atoms. The molecule has 0 rings (SSSR count). The van der Waals surface area contributed by atoms with E-state index in [1.54, 1.807) is 0 Å². The molecule has 0 heterocycles. The van der Waals surface area contributed by atoms with Gasteiger partial charge in [0.2, 0.25) is 0 Å². The molecule has 0 aliphatic carbocycles. The first-order chi connectivity index (χ1) is 5.31. The molecule has 0 aromatic carbocycles. The highest BCUT2D eigenvalue weighted by atomic mass is 35.5. The van der Waals surface area contributed by atoms with Crippen LogP contribution in [0.25, 0.3) is 0 Å². The summed E-state index contributed by atoms with van der Waals surface area (Å²) in [5.74, 6) is 0.277. The fraction of sp³-hybridized carbons (Fsp3) is 0.833. The van der Waals surface area contributed by atoms with E-state index in [-0.39, 0.29) is 19.1 Å². The molecule has 5 heteroatoms. The standard InChI is InChI=1S/C6H11ClO4/c1-9-4-5-11-6(8)10-3-2-7/h2-5H2,1H3. The lowest BCUT2D eigenvalue weighted by Crippen LogP contribution is -2.12. The van der Waals surface area contributed by atoms with Gasteiger partial charge in [-0.3, -0.25) is 0 Å². The molecule has 0 aromatic rings. The van der Waals surface area contributed by atoms with E-state index >= 15 is 0 Å². The van der Waals surface area contributed by atoms with Crippen LogP contribution in [-0.4, -0.2) is 39.0 Å². The van der Waals surface area contributed by atoms with Gasteiger partial charge in [-0.2, -0.15) is 0 Å². The first-order valence-electron chi connectivity index (χ1n) is 3.15. The highest BCUT2D eigenvalue weighted by Crippen LogP contribution is 1.86. The second kappa shape index (κ2) is 7.63. The Labute approximate surface area is 70.4 Å². The van der Waals surface area contributed by atoms with Crippen LogP contribution in [0.15, 0.2) is 0 Å². The van der Waals surface area contributed by atoms with E-state index in [0.29, 0.717) is 6.61 Å². The zero-order chi connectivity index (χ0) is 8.53. The minimum atomic E-state index is -0.706. The second-order valence-electron chi connectivity index (χ2n) is 1.63. The van der Waals surface area contributed by atoms with Gasteiger partial charge in [0, 0.05) is 7.11 Å². The summed E-state index contributed by atoms with van der Waals surface area (Å²) in [4.78, 5) is 10.5. The maximum atomic E-state index is 10.5. The number of hydrogen-bond donors (Lipinski definition) is 0. The van der Waals surface area contributed by atoms with Gasteiger partial charge in [-0.1, -0.05) is 0 Å². The lowest BCUT2D eigenvalue weighted by Gasteiger charge is -2.03. The van der Waals surface area contributed by atoms with Gasteiger partial charge >= 0.3 is 6.16 Å². The number of alkyl halides is 1. The Hall–Kier alpha value is -0.480. The van der Waals surface area contributed by atoms with Gasteiger partial charge in [-0.15, -0.1) is 11.6 Å². The summed E-state index contributed by atoms with van der Waals surface area (Å²) < 4.78 is 13.7. The summed E-state index contributed by atoms with van der Waals surface area (Å²) in [6.07, 6.45) is -0.706. The van der Waals surface area contributed by atoms with E-state index in [4.69, 9.17) is 11.6 Å². The number of ether oxygens (including phenoxy) is 3. The monoisotopic (exact) mass is 182 g/mol. The third kappa shape index (κ3) is 7.42. The Morgan fingerprint density at radius 1 is 1.27 bits per heavy atom. The zero-order valence-corrected chi connectivity index (χ0v) is 7.10. The van der Waals surface area contributed by atoms with E-state index < -0.39 is 6.16 Å². The van der Waals surface area contributed by atoms with E-state index in [1.165, 1.54) is 7.11 Å². The molecule has 0 aliphatic rings. The number of hydrogen-bond acceptors (Lipinski definition) is 4. The molecule has 11 heavy (non-hydrogen) atoms. The smallest absolute Gasteiger partial charge is 0.433 e. The van der Waals surface area contributed by atoms with Crippen LogP contribution < -0.4 is 0 Å². The Kier molecular flexibility index (Phi) is 7.29. The van der Waals surface area contributed by atoms with Crippen molar-refractivity contribution in [3.8, 4) is 0 Å². The summed E-state index contributed by atoms with van der Waals surface area (Å²) in [7, 11) is 1.52. The molecular weight excluding hydrogens is 172 g/mol. The second-order valence-corrected chi connectivity index (χ2v) is 2.01. The summed E-state index contributed by atoms with van der Waals surface area (Å²) in [6.45, 7) is 0.751. The number of rotatable bonds is 5. The van der Waals surface area contributed by atoms with Crippen LogP contribution in [0.5, 0.6) is 0 Å². The van der Waals surface area contributed by atoms with E-state index in [1.807, 2.05) is 0 Å². The Morgan fingerprint density at radius 2 is 1.91 bits per heavy atom. The van der Waals surface area contributed by atoms with E-state index in [2.05, 4.69) is 14.2 Å². The highest BCUT2D eigenvalue weighted by molar-refractivity contribution is 6.18. The van der Waals surface area contributed by atoms with Crippen LogP contribution in [0, 0.1) is 0 Å². The first-order valence-corrected chi connectivity index (χ1v) is 3.69. The van der Waals surface area contributed by atoms with Gasteiger partial charge < -0.3 is 14.2 Å². The fourth-order valence-corrected chi connectivity index (χ4v) is 0.449. The van der Waals surface area contributed by atoms with Crippen molar-refractivity contribution >= 4 is 17.8 Å². The summed E-state index contributed by atoms with van der Waals surface area (Å²) in [5, 5.41) is 0. The predicted molar refractivity (Wildman–Crippen MR) is 39.9 cm³/mol. The van der Waals surface area contributed by atoms with Crippen LogP contribution in [0.3, 0.4) is 0 Å². The molecule has 0 atom stereocenters. The van der Waals surface area contributed by atoms with Crippen molar-refractivity contribution in [3.63, 3.8) is 0 Å². The normalized spacial score (nSPS) is 9.27. The van der Waals surface area contributed by atoms with Crippen molar-refractivity contribution in [2.75, 3.05) is 32.8 Å². The van der Waals surface area contributed by atoms with Gasteiger partial charge in [0.15, 0.2) is 0 Å². The molecule has 0 aromatic heterocycles. The van der Waals surface area contributed by atoms with Crippen LogP contribution in [0.4, 0.5) is 4.79 Å². The maximum Gasteiger partial charge on any atom is 0.508 e. The van der Waals surface area contributed by atoms with Crippen LogP contribution in [-0.2, 0) is 14.2 Å². The third-order valence-electron chi connectivity index (χ3n) is 0.804. The average Bonchev–Trinajstić information content (AvgIpc) is 2.01. The van der Waals surface area contributed by atoms with Crippen molar-refractivity contribution in [2.24, 2.45) is 0 Å². The summed E-state index contributed by atoms with van der Waals surface area (Å²) in [6, 6.07) is 0. The molecule has 4 nitrogen and oxygen atoms in total. The quantitative estimate of drug-likeness (QED) is 0.362. The van der Waals surface area contributed by atoms with Crippen molar-refractivity contribution < 1.29 is 19.0 Å². The Morgan fingerprint density at radius 3 is 2.45 bits per heavy atom. The zero-order valence-electron chi connectivity index (χ0n) is 6.34. The molecule has 0 unspecified atom stereocenters. The van der Waals surface area contributed by atoms with Gasteiger partial charge in [-0.25, -0.2) is 4.79 Å². The van der Waals surface area contributed by atoms with Crippen molar-refractivity contribution in [3.05, 3.63) is 0 Å². The van der Waals surface area contributed by atoms with Crippen LogP contribution >= 0.6 is 11.6 Å². The predicted octanol–water partition coefficient (Wildman–Crippen LogP) is 1.02. The number of halogens is 1. The summed E-state index contributed by atoms with van der Waals surface area (Å²) >= 11 is 5.25. The van der Waals surface area contributed by atoms with Crippen LogP contribution in [0.2, 0.25) is 0 Å². The van der Waals surface area contributed by atoms with Gasteiger partial charge in [0.25, 0.3) is 0 Å². The number of methoxy groups -OCH3 is 1. The SMILES string of the molecule is COCCOC(=O)OCCCl. The molecule has 0 spiro atoms. The number of carbonyl (C=O) groups is 1. The molecule has 0 amide bonds. The van der Waals surface area contributed by atoms with Gasteiger partial charge in [0.1, 0.15) is 13.2 Å². The minimum absolute atomic E-state index is 0.174. The minimum Gasteiger partial charge on any atom is -0.433 e. The summed E-state index contributed by atoms with van der Waals surface area (Å²) in [5.41, 5.74) is 0. The first kappa shape index (κ1) is 10.5. The topological polar surface area (TPSA) is 44.8 Å². The van der Waals surface area contributed by atoms with Crippen LogP contribution in [0.1, 0.15) is 0 Å². The highest BCUT2D eigenvalue weighted by Gasteiger charge is 2.00. The molecule has 0 fully saturated rings. The Bertz CT molecular complexity index is 107. The largest absolute Gasteiger partial charge is 0.508 e.